The minimum absolute atomic E-state index is 0.0399. The van der Waals surface area contributed by atoms with E-state index in [4.69, 9.17) is 11.1 Å². The number of sulfonamides is 1. The average molecular weight is 710 g/mol. The molecule has 0 saturated carbocycles. The van der Waals surface area contributed by atoms with E-state index in [9.17, 15) is 22.8 Å². The van der Waals surface area contributed by atoms with E-state index in [1.165, 1.54) is 0 Å². The quantitative estimate of drug-likeness (QED) is 0.108. The summed E-state index contributed by atoms with van der Waals surface area (Å²) >= 11 is 0. The van der Waals surface area contributed by atoms with E-state index < -0.39 is 28.0 Å². The summed E-state index contributed by atoms with van der Waals surface area (Å²) in [5.74, 6) is -0.426. The van der Waals surface area contributed by atoms with Gasteiger partial charge in [0.2, 0.25) is 27.7 Å². The standard InChI is InChI=1S/C37H55N7O5S/c1-26(2)37(47)44-22-18-28(19-23-44)11-15-33(43-50(48,49)25-30-6-4-3-5-7-30)36(46)42-32(14-10-27-16-20-40-21-17-27)35(45)41-24-29-8-12-31(13-9-29)34(38)39/h3-9,12-13,26-28,32-33,40,43H,10-11,14-25H2,1-2H3,(H3,38,39)(H,41,45)(H,42,46). The molecular weight excluding hydrogens is 655 g/mol. The number of amides is 3. The second-order valence-corrected chi connectivity index (χ2v) is 15.8. The van der Waals surface area contributed by atoms with Gasteiger partial charge in [0.25, 0.3) is 0 Å². The summed E-state index contributed by atoms with van der Waals surface area (Å²) in [7, 11) is -3.90. The van der Waals surface area contributed by atoms with Crippen LogP contribution in [0.3, 0.4) is 0 Å². The Morgan fingerprint density at radius 3 is 2.06 bits per heavy atom. The van der Waals surface area contributed by atoms with Crippen molar-refractivity contribution in [3.8, 4) is 0 Å². The van der Waals surface area contributed by atoms with E-state index in [0.29, 0.717) is 43.0 Å². The maximum Gasteiger partial charge on any atom is 0.242 e. The summed E-state index contributed by atoms with van der Waals surface area (Å²) in [4.78, 5) is 42.0. The number of carbonyl (C=O) groups excluding carboxylic acids is 3. The average Bonchev–Trinajstić information content (AvgIpc) is 3.11. The normalized spacial score (nSPS) is 17.2. The molecule has 2 aliphatic heterocycles. The maximum absolute atomic E-state index is 14.0. The molecule has 0 aliphatic carbocycles. The Balaban J connectivity index is 1.46. The van der Waals surface area contributed by atoms with Crippen LogP contribution in [0.2, 0.25) is 0 Å². The van der Waals surface area contributed by atoms with E-state index in [-0.39, 0.29) is 48.2 Å². The largest absolute Gasteiger partial charge is 0.384 e. The Bertz CT molecular complexity index is 1520. The first-order chi connectivity index (χ1) is 23.9. The van der Waals surface area contributed by atoms with Gasteiger partial charge in [0.1, 0.15) is 17.9 Å². The number of benzene rings is 2. The second kappa shape index (κ2) is 19.0. The van der Waals surface area contributed by atoms with Gasteiger partial charge in [-0.2, -0.15) is 0 Å². The summed E-state index contributed by atoms with van der Waals surface area (Å²) in [6, 6.07) is 13.9. The van der Waals surface area contributed by atoms with Crippen molar-refractivity contribution in [1.82, 2.24) is 25.6 Å². The number of nitrogens with zero attached hydrogens (tertiary/aromatic N) is 1. The summed E-state index contributed by atoms with van der Waals surface area (Å²) in [5, 5.41) is 16.8. The van der Waals surface area contributed by atoms with Crippen LogP contribution in [0.15, 0.2) is 54.6 Å². The number of likely N-dealkylation sites (tertiary alicyclic amines) is 1. The third kappa shape index (κ3) is 12.5. The zero-order valence-corrected chi connectivity index (χ0v) is 30.3. The van der Waals surface area contributed by atoms with Gasteiger partial charge in [-0.1, -0.05) is 68.4 Å². The molecule has 0 bridgehead atoms. The third-order valence-corrected chi connectivity index (χ3v) is 11.2. The van der Waals surface area contributed by atoms with Crippen LogP contribution in [0.4, 0.5) is 0 Å². The van der Waals surface area contributed by atoms with Crippen LogP contribution >= 0.6 is 0 Å². The Morgan fingerprint density at radius 1 is 0.860 bits per heavy atom. The molecule has 4 rings (SSSR count). The molecular formula is C37H55N7O5S. The zero-order valence-electron chi connectivity index (χ0n) is 29.5. The molecule has 0 spiro atoms. The van der Waals surface area contributed by atoms with Crippen molar-refractivity contribution < 1.29 is 22.8 Å². The Kier molecular flexibility index (Phi) is 14.8. The number of piperidine rings is 2. The summed E-state index contributed by atoms with van der Waals surface area (Å²) in [6.45, 7) is 7.14. The molecule has 2 aromatic carbocycles. The summed E-state index contributed by atoms with van der Waals surface area (Å²) < 4.78 is 29.4. The molecule has 2 aliphatic rings. The van der Waals surface area contributed by atoms with Crippen LogP contribution in [-0.4, -0.2) is 75.1 Å². The van der Waals surface area contributed by atoms with Gasteiger partial charge in [0.05, 0.1) is 5.75 Å². The topological polar surface area (TPSA) is 187 Å². The molecule has 2 fully saturated rings. The number of hydrogen-bond acceptors (Lipinski definition) is 7. The number of hydrogen-bond donors (Lipinski definition) is 6. The Morgan fingerprint density at radius 2 is 1.46 bits per heavy atom. The van der Waals surface area contributed by atoms with Gasteiger partial charge in [0.15, 0.2) is 0 Å². The molecule has 7 N–H and O–H groups in total. The van der Waals surface area contributed by atoms with Crippen LogP contribution < -0.4 is 26.4 Å². The molecule has 2 saturated heterocycles. The molecule has 50 heavy (non-hydrogen) atoms. The Hall–Kier alpha value is -3.81. The first-order valence-electron chi connectivity index (χ1n) is 17.9. The summed E-state index contributed by atoms with van der Waals surface area (Å²) in [5.41, 5.74) is 7.58. The van der Waals surface area contributed by atoms with Crippen LogP contribution in [0.1, 0.15) is 81.9 Å². The highest BCUT2D eigenvalue weighted by Crippen LogP contribution is 2.25. The molecule has 2 atom stereocenters. The monoisotopic (exact) mass is 709 g/mol. The first kappa shape index (κ1) is 39.0. The van der Waals surface area contributed by atoms with Gasteiger partial charge in [0, 0.05) is 31.1 Å². The van der Waals surface area contributed by atoms with Gasteiger partial charge in [-0.3, -0.25) is 19.8 Å². The lowest BCUT2D eigenvalue weighted by atomic mass is 9.89. The van der Waals surface area contributed by atoms with Crippen LogP contribution in [0.25, 0.3) is 0 Å². The van der Waals surface area contributed by atoms with Crippen molar-refractivity contribution in [3.63, 3.8) is 0 Å². The lowest BCUT2D eigenvalue weighted by molar-refractivity contribution is -0.135. The highest BCUT2D eigenvalue weighted by molar-refractivity contribution is 7.88. The van der Waals surface area contributed by atoms with Gasteiger partial charge >= 0.3 is 0 Å². The molecule has 0 aromatic heterocycles. The molecule has 2 unspecified atom stereocenters. The highest BCUT2D eigenvalue weighted by atomic mass is 32.2. The number of nitrogens with one attached hydrogen (secondary N) is 5. The van der Waals surface area contributed by atoms with E-state index >= 15 is 0 Å². The lowest BCUT2D eigenvalue weighted by Gasteiger charge is -2.33. The van der Waals surface area contributed by atoms with Crippen molar-refractivity contribution in [2.45, 2.75) is 89.6 Å². The molecule has 3 amide bonds. The molecule has 274 valence electrons. The number of carbonyl (C=O) groups is 3. The Labute approximate surface area is 297 Å². The maximum atomic E-state index is 14.0. The molecule has 12 nitrogen and oxygen atoms in total. The third-order valence-electron chi connectivity index (χ3n) is 9.81. The van der Waals surface area contributed by atoms with Gasteiger partial charge in [-0.15, -0.1) is 0 Å². The predicted molar refractivity (Wildman–Crippen MR) is 195 cm³/mol. The van der Waals surface area contributed by atoms with Crippen molar-refractivity contribution in [2.24, 2.45) is 23.5 Å². The number of amidine groups is 1. The molecule has 13 heteroatoms. The molecule has 0 radical (unpaired) electrons. The van der Waals surface area contributed by atoms with Gasteiger partial charge < -0.3 is 26.6 Å². The van der Waals surface area contributed by atoms with E-state index in [0.717, 1.165) is 50.8 Å². The zero-order chi connectivity index (χ0) is 36.1. The van der Waals surface area contributed by atoms with Crippen molar-refractivity contribution in [3.05, 3.63) is 71.3 Å². The number of nitrogens with two attached hydrogens (primary N) is 1. The smallest absolute Gasteiger partial charge is 0.242 e. The van der Waals surface area contributed by atoms with Crippen molar-refractivity contribution in [2.75, 3.05) is 26.2 Å². The first-order valence-corrected chi connectivity index (χ1v) is 19.6. The van der Waals surface area contributed by atoms with Crippen LogP contribution in [0.5, 0.6) is 0 Å². The van der Waals surface area contributed by atoms with E-state index in [2.05, 4.69) is 20.7 Å². The lowest BCUT2D eigenvalue weighted by Crippen LogP contribution is -2.54. The van der Waals surface area contributed by atoms with E-state index in [1.807, 2.05) is 24.8 Å². The predicted octanol–water partition coefficient (Wildman–Crippen LogP) is 3.01. The molecule has 2 heterocycles. The van der Waals surface area contributed by atoms with Gasteiger partial charge in [-0.05, 0) is 87.4 Å². The van der Waals surface area contributed by atoms with Crippen LogP contribution in [0, 0.1) is 23.2 Å². The minimum Gasteiger partial charge on any atom is -0.384 e. The number of nitrogen functional groups attached to an aromatic ring is 1. The minimum atomic E-state index is -3.90. The highest BCUT2D eigenvalue weighted by Gasteiger charge is 2.31. The van der Waals surface area contributed by atoms with E-state index in [1.54, 1.807) is 48.5 Å². The fourth-order valence-electron chi connectivity index (χ4n) is 6.73. The SMILES string of the molecule is CC(C)C(=O)N1CCC(CCC(NS(=O)(=O)Cc2ccccc2)C(=O)NC(CCC2CCNCC2)C(=O)NCc2ccc(C(=N)N)cc2)CC1. The fourth-order valence-corrected chi connectivity index (χ4v) is 8.11. The van der Waals surface area contributed by atoms with Crippen molar-refractivity contribution in [1.29, 1.82) is 5.41 Å². The van der Waals surface area contributed by atoms with Crippen molar-refractivity contribution >= 4 is 33.6 Å². The molecule has 2 aromatic rings. The summed E-state index contributed by atoms with van der Waals surface area (Å²) in [6.07, 6.45) is 5.63. The van der Waals surface area contributed by atoms with Crippen LogP contribution in [-0.2, 0) is 36.7 Å². The second-order valence-electron chi connectivity index (χ2n) is 14.1. The van der Waals surface area contributed by atoms with Gasteiger partial charge in [-0.25, -0.2) is 13.1 Å². The fraction of sp³-hybridized carbons (Fsp3) is 0.568. The number of rotatable bonds is 17.